The molecule has 106 valence electrons. The maximum Gasteiger partial charge on any atom is 0.120 e. The fourth-order valence-corrected chi connectivity index (χ4v) is 2.01. The van der Waals surface area contributed by atoms with E-state index in [0.717, 1.165) is 18.0 Å². The minimum absolute atomic E-state index is 0.200. The van der Waals surface area contributed by atoms with Crippen molar-refractivity contribution in [2.75, 3.05) is 0 Å². The van der Waals surface area contributed by atoms with Gasteiger partial charge in [-0.3, -0.25) is 4.98 Å². The largest absolute Gasteiger partial charge is 0.491 e. The van der Waals surface area contributed by atoms with E-state index in [1.54, 1.807) is 0 Å². The molecular formula is C17H22N2O. The lowest BCUT2D eigenvalue weighted by molar-refractivity contribution is 0.242. The molecule has 0 spiro atoms. The Morgan fingerprint density at radius 3 is 2.65 bits per heavy atom. The van der Waals surface area contributed by atoms with Crippen LogP contribution in [0, 0.1) is 0 Å². The van der Waals surface area contributed by atoms with Crippen molar-refractivity contribution in [3.63, 3.8) is 0 Å². The van der Waals surface area contributed by atoms with Crippen molar-refractivity contribution >= 4 is 0 Å². The van der Waals surface area contributed by atoms with E-state index < -0.39 is 0 Å². The summed E-state index contributed by atoms with van der Waals surface area (Å²) >= 11 is 0. The molecule has 2 rings (SSSR count). The Hall–Kier alpha value is -1.87. The Bertz CT molecular complexity index is 526. The van der Waals surface area contributed by atoms with Gasteiger partial charge in [0.25, 0.3) is 0 Å². The molecule has 1 atom stereocenters. The zero-order valence-corrected chi connectivity index (χ0v) is 12.3. The fourth-order valence-electron chi connectivity index (χ4n) is 2.01. The Morgan fingerprint density at radius 2 is 1.95 bits per heavy atom. The first-order valence-electron chi connectivity index (χ1n) is 7.05. The van der Waals surface area contributed by atoms with Crippen molar-refractivity contribution in [3.05, 3.63) is 59.9 Å². The summed E-state index contributed by atoms with van der Waals surface area (Å²) in [5, 5.41) is 3.48. The van der Waals surface area contributed by atoms with Crippen LogP contribution in [0.5, 0.6) is 5.75 Å². The topological polar surface area (TPSA) is 34.1 Å². The zero-order valence-electron chi connectivity index (χ0n) is 12.3. The Labute approximate surface area is 121 Å². The minimum atomic E-state index is 0.200. The first-order valence-corrected chi connectivity index (χ1v) is 7.05. The molecule has 1 heterocycles. The quantitative estimate of drug-likeness (QED) is 0.868. The molecule has 0 amide bonds. The highest BCUT2D eigenvalue weighted by Gasteiger charge is 2.06. The van der Waals surface area contributed by atoms with Crippen molar-refractivity contribution in [1.29, 1.82) is 0 Å². The van der Waals surface area contributed by atoms with Crippen LogP contribution in [0.3, 0.4) is 0 Å². The van der Waals surface area contributed by atoms with Crippen LogP contribution in [0.1, 0.15) is 38.1 Å². The number of rotatable bonds is 6. The third kappa shape index (κ3) is 4.35. The van der Waals surface area contributed by atoms with E-state index in [1.807, 2.05) is 50.4 Å². The van der Waals surface area contributed by atoms with Gasteiger partial charge >= 0.3 is 0 Å². The van der Waals surface area contributed by atoms with Gasteiger partial charge in [-0.25, -0.2) is 0 Å². The van der Waals surface area contributed by atoms with Crippen molar-refractivity contribution < 1.29 is 4.74 Å². The lowest BCUT2D eigenvalue weighted by atomic mass is 10.1. The van der Waals surface area contributed by atoms with Crippen molar-refractivity contribution in [3.8, 4) is 5.75 Å². The van der Waals surface area contributed by atoms with E-state index in [1.165, 1.54) is 5.56 Å². The van der Waals surface area contributed by atoms with Crippen molar-refractivity contribution in [1.82, 2.24) is 10.3 Å². The van der Waals surface area contributed by atoms with Crippen LogP contribution in [0.15, 0.2) is 48.7 Å². The van der Waals surface area contributed by atoms with Gasteiger partial charge in [0, 0.05) is 18.8 Å². The number of ether oxygens (including phenoxy) is 1. The predicted octanol–water partition coefficient (Wildman–Crippen LogP) is 3.72. The average molecular weight is 270 g/mol. The smallest absolute Gasteiger partial charge is 0.120 e. The van der Waals surface area contributed by atoms with Gasteiger partial charge in [0.05, 0.1) is 11.8 Å². The second kappa shape index (κ2) is 7.06. The summed E-state index contributed by atoms with van der Waals surface area (Å²) in [4.78, 5) is 4.36. The molecule has 0 aliphatic carbocycles. The van der Waals surface area contributed by atoms with E-state index in [0.29, 0.717) is 0 Å². The van der Waals surface area contributed by atoms with E-state index in [2.05, 4.69) is 29.4 Å². The number of nitrogens with zero attached hydrogens (tertiary/aromatic N) is 1. The molecule has 1 N–H and O–H groups in total. The molecule has 0 aliphatic heterocycles. The molecule has 1 aromatic heterocycles. The second-order valence-corrected chi connectivity index (χ2v) is 5.17. The minimum Gasteiger partial charge on any atom is -0.491 e. The highest BCUT2D eigenvalue weighted by Crippen LogP contribution is 2.16. The Kier molecular flexibility index (Phi) is 5.13. The van der Waals surface area contributed by atoms with E-state index in [9.17, 15) is 0 Å². The number of benzene rings is 1. The lowest BCUT2D eigenvalue weighted by Gasteiger charge is -2.14. The lowest BCUT2D eigenvalue weighted by Crippen LogP contribution is -2.19. The molecule has 0 bridgehead atoms. The molecule has 1 aromatic carbocycles. The number of nitrogens with one attached hydrogen (secondary N) is 1. The second-order valence-electron chi connectivity index (χ2n) is 5.17. The van der Waals surface area contributed by atoms with Gasteiger partial charge in [0.2, 0.25) is 0 Å². The molecule has 2 aromatic rings. The first kappa shape index (κ1) is 14.5. The van der Waals surface area contributed by atoms with Gasteiger partial charge < -0.3 is 10.1 Å². The van der Waals surface area contributed by atoms with Crippen LogP contribution < -0.4 is 10.1 Å². The summed E-state index contributed by atoms with van der Waals surface area (Å²) in [5.41, 5.74) is 2.27. The number of hydrogen-bond acceptors (Lipinski definition) is 3. The van der Waals surface area contributed by atoms with Gasteiger partial charge in [-0.15, -0.1) is 0 Å². The predicted molar refractivity (Wildman–Crippen MR) is 81.7 cm³/mol. The van der Waals surface area contributed by atoms with Gasteiger partial charge in [0.15, 0.2) is 0 Å². The monoisotopic (exact) mass is 270 g/mol. The van der Waals surface area contributed by atoms with Crippen LogP contribution in [0.25, 0.3) is 0 Å². The van der Waals surface area contributed by atoms with Crippen molar-refractivity contribution in [2.45, 2.75) is 39.5 Å². The molecule has 0 saturated heterocycles. The summed E-state index contributed by atoms with van der Waals surface area (Å²) in [6.07, 6.45) is 2.02. The van der Waals surface area contributed by atoms with Gasteiger partial charge in [-0.1, -0.05) is 18.2 Å². The van der Waals surface area contributed by atoms with Gasteiger partial charge in [-0.05, 0) is 50.6 Å². The molecule has 0 unspecified atom stereocenters. The number of hydrogen-bond donors (Lipinski definition) is 1. The van der Waals surface area contributed by atoms with Crippen LogP contribution in [-0.2, 0) is 6.54 Å². The average Bonchev–Trinajstić information content (AvgIpc) is 2.45. The van der Waals surface area contributed by atoms with Gasteiger partial charge in [0.1, 0.15) is 5.75 Å². The van der Waals surface area contributed by atoms with E-state index in [4.69, 9.17) is 4.74 Å². The Morgan fingerprint density at radius 1 is 1.10 bits per heavy atom. The molecule has 0 saturated carbocycles. The van der Waals surface area contributed by atoms with Crippen LogP contribution in [0.2, 0.25) is 0 Å². The number of aromatic nitrogens is 1. The van der Waals surface area contributed by atoms with Gasteiger partial charge in [-0.2, -0.15) is 0 Å². The molecular weight excluding hydrogens is 248 g/mol. The normalized spacial score (nSPS) is 12.4. The molecule has 0 aliphatic rings. The third-order valence-corrected chi connectivity index (χ3v) is 3.01. The maximum atomic E-state index is 5.71. The van der Waals surface area contributed by atoms with Crippen molar-refractivity contribution in [2.24, 2.45) is 0 Å². The van der Waals surface area contributed by atoms with Crippen LogP contribution in [-0.4, -0.2) is 11.1 Å². The fraction of sp³-hybridized carbons (Fsp3) is 0.353. The van der Waals surface area contributed by atoms with E-state index >= 15 is 0 Å². The highest BCUT2D eigenvalue weighted by molar-refractivity contribution is 5.28. The Balaban J connectivity index is 1.94. The highest BCUT2D eigenvalue weighted by atomic mass is 16.5. The zero-order chi connectivity index (χ0) is 14.4. The van der Waals surface area contributed by atoms with E-state index in [-0.39, 0.29) is 12.1 Å². The molecule has 3 heteroatoms. The molecule has 20 heavy (non-hydrogen) atoms. The number of pyridine rings is 1. The summed E-state index contributed by atoms with van der Waals surface area (Å²) in [6, 6.07) is 14.4. The summed E-state index contributed by atoms with van der Waals surface area (Å²) < 4.78 is 5.71. The summed E-state index contributed by atoms with van der Waals surface area (Å²) in [5.74, 6) is 0.921. The summed E-state index contributed by atoms with van der Waals surface area (Å²) in [6.45, 7) is 6.99. The standard InChI is InChI=1S/C17H22N2O/c1-13(2)20-16-8-6-7-15(11-16)12-19-14(3)17-9-4-5-10-18-17/h4-11,13-14,19H,12H2,1-3H3/t14-/m1/s1. The first-order chi connectivity index (χ1) is 9.65. The van der Waals surface area contributed by atoms with Crippen LogP contribution >= 0.6 is 0 Å². The molecule has 3 nitrogen and oxygen atoms in total. The molecule has 0 radical (unpaired) electrons. The van der Waals surface area contributed by atoms with Crippen LogP contribution in [0.4, 0.5) is 0 Å². The summed E-state index contributed by atoms with van der Waals surface area (Å²) in [7, 11) is 0. The molecule has 0 fully saturated rings. The third-order valence-electron chi connectivity index (χ3n) is 3.01. The maximum absolute atomic E-state index is 5.71. The SMILES string of the molecule is CC(C)Oc1cccc(CN[C@H](C)c2ccccn2)c1.